The molecule has 0 amide bonds. The number of methoxy groups -OCH3 is 1. The average molecular weight is 349 g/mol. The Labute approximate surface area is 140 Å². The zero-order valence-corrected chi connectivity index (χ0v) is 14.0. The minimum Gasteiger partial charge on any atom is -0.465 e. The predicted octanol–water partition coefficient (Wildman–Crippen LogP) is 3.32. The van der Waals surface area contributed by atoms with Gasteiger partial charge in [-0.05, 0) is 30.2 Å². The average Bonchev–Trinajstić information content (AvgIpc) is 2.84. The van der Waals surface area contributed by atoms with Gasteiger partial charge in [-0.3, -0.25) is 4.79 Å². The first-order chi connectivity index (χ1) is 11.0. The van der Waals surface area contributed by atoms with Crippen LogP contribution in [0.2, 0.25) is 5.02 Å². The molecule has 7 heteroatoms. The third-order valence-corrected chi connectivity index (χ3v) is 4.88. The number of hydrogen-bond acceptors (Lipinski definition) is 5. The van der Waals surface area contributed by atoms with Gasteiger partial charge in [0.05, 0.1) is 12.5 Å². The molecule has 23 heavy (non-hydrogen) atoms. The molecular formula is C16H13ClN2O3S. The van der Waals surface area contributed by atoms with Gasteiger partial charge >= 0.3 is 5.97 Å². The highest BCUT2D eigenvalue weighted by Gasteiger charge is 2.19. The zero-order valence-electron chi connectivity index (χ0n) is 12.5. The van der Waals surface area contributed by atoms with Gasteiger partial charge in [-0.25, -0.2) is 9.78 Å². The van der Waals surface area contributed by atoms with E-state index >= 15 is 0 Å². The van der Waals surface area contributed by atoms with Gasteiger partial charge in [-0.1, -0.05) is 23.7 Å². The van der Waals surface area contributed by atoms with Crippen LogP contribution in [-0.2, 0) is 11.2 Å². The van der Waals surface area contributed by atoms with Crippen molar-refractivity contribution >= 4 is 39.1 Å². The Morgan fingerprint density at radius 2 is 2.22 bits per heavy atom. The largest absolute Gasteiger partial charge is 0.465 e. The molecule has 5 nitrogen and oxygen atoms in total. The fourth-order valence-corrected chi connectivity index (χ4v) is 3.73. The maximum atomic E-state index is 12.3. The second kappa shape index (κ2) is 6.14. The standard InChI is InChI=1S/C16H13ClN2O3S/c1-8-12-14(20)18-11(7-9-4-3-5-10(17)6-9)19-15(12)23-13(8)16(21)22-2/h3-6H,7H2,1-2H3,(H,18,19,20). The van der Waals surface area contributed by atoms with Crippen LogP contribution in [0.15, 0.2) is 29.1 Å². The smallest absolute Gasteiger partial charge is 0.348 e. The van der Waals surface area contributed by atoms with E-state index in [1.165, 1.54) is 18.4 Å². The lowest BCUT2D eigenvalue weighted by molar-refractivity contribution is 0.0605. The second-order valence-electron chi connectivity index (χ2n) is 5.05. The van der Waals surface area contributed by atoms with E-state index in [-0.39, 0.29) is 5.56 Å². The van der Waals surface area contributed by atoms with Gasteiger partial charge in [-0.2, -0.15) is 0 Å². The first kappa shape index (κ1) is 15.7. The highest BCUT2D eigenvalue weighted by Crippen LogP contribution is 2.27. The van der Waals surface area contributed by atoms with Crippen molar-refractivity contribution in [3.63, 3.8) is 0 Å². The van der Waals surface area contributed by atoms with Gasteiger partial charge in [0, 0.05) is 11.4 Å². The van der Waals surface area contributed by atoms with E-state index in [2.05, 4.69) is 9.97 Å². The number of aromatic amines is 1. The molecule has 0 spiro atoms. The number of nitrogens with one attached hydrogen (secondary N) is 1. The number of H-pyrrole nitrogens is 1. The molecule has 118 valence electrons. The van der Waals surface area contributed by atoms with Crippen molar-refractivity contribution in [1.82, 2.24) is 9.97 Å². The van der Waals surface area contributed by atoms with Gasteiger partial charge in [0.25, 0.3) is 5.56 Å². The normalized spacial score (nSPS) is 10.9. The molecule has 3 rings (SSSR count). The molecule has 1 N–H and O–H groups in total. The summed E-state index contributed by atoms with van der Waals surface area (Å²) < 4.78 is 4.74. The molecule has 0 aliphatic carbocycles. The molecule has 1 aromatic carbocycles. The summed E-state index contributed by atoms with van der Waals surface area (Å²) in [6.45, 7) is 1.72. The van der Waals surface area contributed by atoms with Crippen molar-refractivity contribution in [2.75, 3.05) is 7.11 Å². The lowest BCUT2D eigenvalue weighted by atomic mass is 10.1. The van der Waals surface area contributed by atoms with Crippen molar-refractivity contribution in [2.45, 2.75) is 13.3 Å². The van der Waals surface area contributed by atoms with Gasteiger partial charge in [0.1, 0.15) is 15.5 Å². The summed E-state index contributed by atoms with van der Waals surface area (Å²) in [7, 11) is 1.31. The lowest BCUT2D eigenvalue weighted by Crippen LogP contribution is -2.12. The number of aromatic nitrogens is 2. The van der Waals surface area contributed by atoms with E-state index in [1.807, 2.05) is 18.2 Å². The van der Waals surface area contributed by atoms with Crippen molar-refractivity contribution in [3.05, 3.63) is 61.5 Å². The number of carbonyl (C=O) groups excluding carboxylic acids is 1. The summed E-state index contributed by atoms with van der Waals surface area (Å²) in [6, 6.07) is 7.37. The number of thiophene rings is 1. The third-order valence-electron chi connectivity index (χ3n) is 3.48. The molecule has 0 aliphatic rings. The molecule has 2 heterocycles. The van der Waals surface area contributed by atoms with E-state index in [0.29, 0.717) is 37.9 Å². The number of hydrogen-bond donors (Lipinski definition) is 1. The fourth-order valence-electron chi connectivity index (χ4n) is 2.40. The number of fused-ring (bicyclic) bond motifs is 1. The summed E-state index contributed by atoms with van der Waals surface area (Å²) >= 11 is 7.14. The Bertz CT molecular complexity index is 962. The maximum Gasteiger partial charge on any atom is 0.348 e. The van der Waals surface area contributed by atoms with E-state index in [9.17, 15) is 9.59 Å². The maximum absolute atomic E-state index is 12.3. The van der Waals surface area contributed by atoms with Crippen LogP contribution in [0, 0.1) is 6.92 Å². The number of esters is 1. The first-order valence-corrected chi connectivity index (χ1v) is 8.04. The number of carbonyl (C=O) groups is 1. The van der Waals surface area contributed by atoms with Crippen LogP contribution < -0.4 is 5.56 Å². The van der Waals surface area contributed by atoms with Crippen LogP contribution in [0.5, 0.6) is 0 Å². The summed E-state index contributed by atoms with van der Waals surface area (Å²) in [5.41, 5.74) is 1.29. The van der Waals surface area contributed by atoms with Gasteiger partial charge in [0.2, 0.25) is 0 Å². The summed E-state index contributed by atoms with van der Waals surface area (Å²) in [4.78, 5) is 32.3. The highest BCUT2D eigenvalue weighted by molar-refractivity contribution is 7.20. The van der Waals surface area contributed by atoms with E-state index in [0.717, 1.165) is 5.56 Å². The molecule has 0 unspecified atom stereocenters. The Kier molecular flexibility index (Phi) is 4.19. The van der Waals surface area contributed by atoms with Crippen molar-refractivity contribution in [2.24, 2.45) is 0 Å². The Morgan fingerprint density at radius 3 is 2.91 bits per heavy atom. The molecule has 0 atom stereocenters. The summed E-state index contributed by atoms with van der Waals surface area (Å²) in [6.07, 6.45) is 0.455. The van der Waals surface area contributed by atoms with Crippen LogP contribution in [-0.4, -0.2) is 23.0 Å². The monoisotopic (exact) mass is 348 g/mol. The number of rotatable bonds is 3. The SMILES string of the molecule is COC(=O)c1sc2nc(Cc3cccc(Cl)c3)[nH]c(=O)c2c1C. The minimum atomic E-state index is -0.457. The molecule has 0 bridgehead atoms. The number of ether oxygens (including phenoxy) is 1. The van der Waals surface area contributed by atoms with Gasteiger partial charge in [0.15, 0.2) is 0 Å². The second-order valence-corrected chi connectivity index (χ2v) is 6.48. The molecule has 0 saturated heterocycles. The van der Waals surface area contributed by atoms with E-state index in [1.54, 1.807) is 13.0 Å². The Balaban J connectivity index is 2.07. The predicted molar refractivity (Wildman–Crippen MR) is 90.6 cm³/mol. The molecule has 0 saturated carbocycles. The van der Waals surface area contributed by atoms with Crippen molar-refractivity contribution in [1.29, 1.82) is 0 Å². The van der Waals surface area contributed by atoms with Gasteiger partial charge < -0.3 is 9.72 Å². The number of halogens is 1. The van der Waals surface area contributed by atoms with Crippen LogP contribution in [0.1, 0.15) is 26.6 Å². The molecular weight excluding hydrogens is 336 g/mol. The van der Waals surface area contributed by atoms with Crippen LogP contribution >= 0.6 is 22.9 Å². The number of nitrogens with zero attached hydrogens (tertiary/aromatic N) is 1. The fraction of sp³-hybridized carbons (Fsp3) is 0.188. The van der Waals surface area contributed by atoms with Crippen LogP contribution in [0.25, 0.3) is 10.2 Å². The van der Waals surface area contributed by atoms with Crippen molar-refractivity contribution < 1.29 is 9.53 Å². The Hall–Kier alpha value is -2.18. The Morgan fingerprint density at radius 1 is 1.43 bits per heavy atom. The molecule has 0 fully saturated rings. The van der Waals surface area contributed by atoms with Crippen LogP contribution in [0.4, 0.5) is 0 Å². The summed E-state index contributed by atoms with van der Waals surface area (Å²) in [5, 5.41) is 1.07. The quantitative estimate of drug-likeness (QED) is 0.737. The minimum absolute atomic E-state index is 0.254. The van der Waals surface area contributed by atoms with Crippen LogP contribution in [0.3, 0.4) is 0 Å². The molecule has 0 radical (unpaired) electrons. The molecule has 0 aliphatic heterocycles. The third kappa shape index (κ3) is 3.00. The molecule has 2 aromatic heterocycles. The van der Waals surface area contributed by atoms with E-state index < -0.39 is 5.97 Å². The highest BCUT2D eigenvalue weighted by atomic mass is 35.5. The molecule has 3 aromatic rings. The number of benzene rings is 1. The van der Waals surface area contributed by atoms with Crippen molar-refractivity contribution in [3.8, 4) is 0 Å². The zero-order chi connectivity index (χ0) is 16.6. The topological polar surface area (TPSA) is 72.0 Å². The summed E-state index contributed by atoms with van der Waals surface area (Å²) in [5.74, 6) is 0.0729. The number of aryl methyl sites for hydroxylation is 1. The lowest BCUT2D eigenvalue weighted by Gasteiger charge is -2.02. The van der Waals surface area contributed by atoms with E-state index in [4.69, 9.17) is 16.3 Å². The first-order valence-electron chi connectivity index (χ1n) is 6.84. The van der Waals surface area contributed by atoms with Gasteiger partial charge in [-0.15, -0.1) is 11.3 Å².